The summed E-state index contributed by atoms with van der Waals surface area (Å²) >= 11 is 0. The monoisotopic (exact) mass is 174 g/mol. The first-order valence-electron chi connectivity index (χ1n) is 2.59. The molecule has 0 spiro atoms. The van der Waals surface area contributed by atoms with Gasteiger partial charge in [-0.3, -0.25) is 4.79 Å². The summed E-state index contributed by atoms with van der Waals surface area (Å²) in [6, 6.07) is 0. The van der Waals surface area contributed by atoms with E-state index in [1.807, 2.05) is 0 Å². The van der Waals surface area contributed by atoms with Crippen LogP contribution in [0.15, 0.2) is 0 Å². The summed E-state index contributed by atoms with van der Waals surface area (Å²) in [6.45, 7) is 0.725. The molecule has 0 aromatic rings. The number of hydrogen-bond acceptors (Lipinski definition) is 4. The molecule has 56 valence electrons. The Morgan fingerprint density at radius 1 is 1.80 bits per heavy atom. The van der Waals surface area contributed by atoms with Gasteiger partial charge < -0.3 is 16.4 Å². The molecular formula is C5H11KO4. The van der Waals surface area contributed by atoms with Crippen molar-refractivity contribution in [3.63, 3.8) is 0 Å². The minimum Gasteiger partial charge on any atom is -1.00 e. The Hall–Kier alpha value is 1.03. The SMILES string of the molecule is CC(=O)OCC(O)CO.[H-].[K+]. The fraction of sp³-hybridized carbons (Fsp3) is 0.800. The van der Waals surface area contributed by atoms with Crippen molar-refractivity contribution in [2.45, 2.75) is 13.0 Å². The average molecular weight is 174 g/mol. The van der Waals surface area contributed by atoms with Gasteiger partial charge >= 0.3 is 57.4 Å². The largest absolute Gasteiger partial charge is 1.00 e. The standard InChI is InChI=1S/C5H10O4.K.H/c1-4(7)9-3-5(8)2-6;;/h5-6,8H,2-3H2,1H3;;/q;+1;-1. The van der Waals surface area contributed by atoms with Gasteiger partial charge in [-0.05, 0) is 0 Å². The molecule has 5 heteroatoms. The number of aliphatic hydroxyl groups is 2. The number of carbonyl (C=O) groups is 1. The van der Waals surface area contributed by atoms with Gasteiger partial charge in [0.15, 0.2) is 0 Å². The van der Waals surface area contributed by atoms with Crippen molar-refractivity contribution in [2.75, 3.05) is 13.2 Å². The molecule has 0 aliphatic carbocycles. The van der Waals surface area contributed by atoms with Gasteiger partial charge in [0.1, 0.15) is 12.7 Å². The third-order valence-corrected chi connectivity index (χ3v) is 0.690. The fourth-order valence-corrected chi connectivity index (χ4v) is 0.266. The molecule has 0 radical (unpaired) electrons. The van der Waals surface area contributed by atoms with E-state index >= 15 is 0 Å². The summed E-state index contributed by atoms with van der Waals surface area (Å²) in [5, 5.41) is 16.8. The number of rotatable bonds is 3. The molecule has 1 unspecified atom stereocenters. The van der Waals surface area contributed by atoms with Crippen LogP contribution in [0.4, 0.5) is 0 Å². The van der Waals surface area contributed by atoms with Gasteiger partial charge in [-0.1, -0.05) is 0 Å². The molecule has 1 atom stereocenters. The molecule has 0 heterocycles. The second-order valence-corrected chi connectivity index (χ2v) is 1.64. The van der Waals surface area contributed by atoms with Crippen molar-refractivity contribution >= 4 is 5.97 Å². The summed E-state index contributed by atoms with van der Waals surface area (Å²) in [5.74, 6) is -0.456. The molecule has 0 saturated heterocycles. The average Bonchev–Trinajstić information content (AvgIpc) is 1.83. The topological polar surface area (TPSA) is 66.8 Å². The zero-order valence-electron chi connectivity index (χ0n) is 7.20. The van der Waals surface area contributed by atoms with E-state index in [0.29, 0.717) is 0 Å². The Morgan fingerprint density at radius 2 is 2.30 bits per heavy atom. The molecule has 0 aliphatic rings. The Bertz CT molecular complexity index is 100. The van der Waals surface area contributed by atoms with Crippen molar-refractivity contribution in [3.8, 4) is 0 Å². The van der Waals surface area contributed by atoms with E-state index in [2.05, 4.69) is 4.74 Å². The van der Waals surface area contributed by atoms with E-state index in [9.17, 15) is 4.79 Å². The van der Waals surface area contributed by atoms with Crippen LogP contribution < -0.4 is 51.4 Å². The van der Waals surface area contributed by atoms with Gasteiger partial charge in [0.25, 0.3) is 0 Å². The molecule has 0 saturated carbocycles. The number of ether oxygens (including phenoxy) is 1. The van der Waals surface area contributed by atoms with Gasteiger partial charge in [-0.15, -0.1) is 0 Å². The van der Waals surface area contributed by atoms with Crippen LogP contribution in [-0.4, -0.2) is 35.5 Å². The minimum atomic E-state index is -0.950. The Morgan fingerprint density at radius 3 is 2.60 bits per heavy atom. The van der Waals surface area contributed by atoms with Crippen molar-refractivity contribution in [2.24, 2.45) is 0 Å². The second kappa shape index (κ2) is 8.13. The van der Waals surface area contributed by atoms with E-state index in [-0.39, 0.29) is 66.0 Å². The smallest absolute Gasteiger partial charge is 1.00 e. The molecular weight excluding hydrogens is 163 g/mol. The maximum Gasteiger partial charge on any atom is 1.00 e. The van der Waals surface area contributed by atoms with Crippen LogP contribution in [0, 0.1) is 0 Å². The summed E-state index contributed by atoms with van der Waals surface area (Å²) in [5.41, 5.74) is 0. The van der Waals surface area contributed by atoms with Crippen LogP contribution >= 0.6 is 0 Å². The summed E-state index contributed by atoms with van der Waals surface area (Å²) in [6.07, 6.45) is -0.950. The van der Waals surface area contributed by atoms with E-state index in [4.69, 9.17) is 10.2 Å². The molecule has 0 fully saturated rings. The first-order valence-corrected chi connectivity index (χ1v) is 2.59. The zero-order valence-corrected chi connectivity index (χ0v) is 9.33. The quantitative estimate of drug-likeness (QED) is 0.338. The maximum absolute atomic E-state index is 10.0. The first-order chi connectivity index (χ1) is 4.16. The van der Waals surface area contributed by atoms with E-state index in [0.717, 1.165) is 0 Å². The number of carbonyl (C=O) groups excluding carboxylic acids is 1. The molecule has 0 aromatic heterocycles. The number of esters is 1. The predicted molar refractivity (Wildman–Crippen MR) is 30.8 cm³/mol. The molecule has 2 N–H and O–H groups in total. The van der Waals surface area contributed by atoms with Gasteiger partial charge in [0.2, 0.25) is 0 Å². The van der Waals surface area contributed by atoms with Crippen LogP contribution in [0.1, 0.15) is 8.35 Å². The third-order valence-electron chi connectivity index (χ3n) is 0.690. The summed E-state index contributed by atoms with van der Waals surface area (Å²) < 4.78 is 4.35. The van der Waals surface area contributed by atoms with Crippen molar-refractivity contribution < 1.29 is 72.6 Å². The van der Waals surface area contributed by atoms with Gasteiger partial charge in [0.05, 0.1) is 6.61 Å². The van der Waals surface area contributed by atoms with Crippen molar-refractivity contribution in [1.29, 1.82) is 0 Å². The summed E-state index contributed by atoms with van der Waals surface area (Å²) in [4.78, 5) is 10.0. The minimum absolute atomic E-state index is 0. The molecule has 4 nitrogen and oxygen atoms in total. The van der Waals surface area contributed by atoms with Crippen LogP contribution in [0.5, 0.6) is 0 Å². The number of hydrogen-bond donors (Lipinski definition) is 2. The molecule has 10 heavy (non-hydrogen) atoms. The van der Waals surface area contributed by atoms with E-state index in [1.54, 1.807) is 0 Å². The first kappa shape index (κ1) is 13.6. The van der Waals surface area contributed by atoms with Crippen molar-refractivity contribution in [3.05, 3.63) is 0 Å². The Kier molecular flexibility index (Phi) is 11.1. The molecule has 0 bridgehead atoms. The zero-order chi connectivity index (χ0) is 7.28. The van der Waals surface area contributed by atoms with Gasteiger partial charge in [-0.25, -0.2) is 0 Å². The van der Waals surface area contributed by atoms with Crippen LogP contribution in [0.3, 0.4) is 0 Å². The van der Waals surface area contributed by atoms with Crippen LogP contribution in [0.25, 0.3) is 0 Å². The molecule has 0 rings (SSSR count). The molecule has 0 aliphatic heterocycles. The summed E-state index contributed by atoms with van der Waals surface area (Å²) in [7, 11) is 0. The fourth-order valence-electron chi connectivity index (χ4n) is 0.266. The molecule has 0 amide bonds. The molecule has 0 aromatic carbocycles. The van der Waals surface area contributed by atoms with Gasteiger partial charge in [0, 0.05) is 6.92 Å². The second-order valence-electron chi connectivity index (χ2n) is 1.64. The van der Waals surface area contributed by atoms with Crippen LogP contribution in [-0.2, 0) is 9.53 Å². The Balaban J connectivity index is -0.000000320. The van der Waals surface area contributed by atoms with E-state index < -0.39 is 12.1 Å². The maximum atomic E-state index is 10.0. The number of aliphatic hydroxyl groups excluding tert-OH is 2. The van der Waals surface area contributed by atoms with E-state index in [1.165, 1.54) is 6.92 Å². The normalized spacial score (nSPS) is 11.5. The third kappa shape index (κ3) is 9.03. The Labute approximate surface area is 103 Å². The van der Waals surface area contributed by atoms with Gasteiger partial charge in [-0.2, -0.15) is 0 Å². The van der Waals surface area contributed by atoms with Crippen molar-refractivity contribution in [1.82, 2.24) is 0 Å². The predicted octanol–water partition coefficient (Wildman–Crippen LogP) is -3.98. The van der Waals surface area contributed by atoms with Crippen LogP contribution in [0.2, 0.25) is 0 Å².